The number of carbonyl (C=O) groups is 4. The van der Waals surface area contributed by atoms with Crippen LogP contribution in [0.4, 0.5) is 4.79 Å². The van der Waals surface area contributed by atoms with E-state index in [1.165, 1.54) is 4.90 Å². The number of amides is 4. The molecule has 11 nitrogen and oxygen atoms in total. The van der Waals surface area contributed by atoms with Crippen LogP contribution in [0.5, 0.6) is 0 Å². The van der Waals surface area contributed by atoms with Gasteiger partial charge in [-0.1, -0.05) is 55.3 Å². The molecule has 2 aliphatic carbocycles. The van der Waals surface area contributed by atoms with Crippen molar-refractivity contribution >= 4 is 33.8 Å². The molecule has 1 aromatic carbocycles. The van der Waals surface area contributed by atoms with Crippen LogP contribution in [-0.2, 0) is 29.1 Å². The highest BCUT2D eigenvalue weighted by atomic mass is 32.2. The predicted molar refractivity (Wildman–Crippen MR) is 164 cm³/mol. The molecule has 3 N–H and O–H groups in total. The molecular formula is C32H44N4O7S. The van der Waals surface area contributed by atoms with Gasteiger partial charge in [-0.2, -0.15) is 0 Å². The molecule has 3 unspecified atom stereocenters. The number of benzene rings is 1. The molecule has 1 aromatic rings. The number of hydrogen-bond donors (Lipinski definition) is 3. The topological polar surface area (TPSA) is 151 Å². The average Bonchev–Trinajstić information content (AvgIpc) is 3.87. The lowest BCUT2D eigenvalue weighted by molar-refractivity contribution is -0.141. The van der Waals surface area contributed by atoms with Crippen molar-refractivity contribution in [2.45, 2.75) is 113 Å². The predicted octanol–water partition coefficient (Wildman–Crippen LogP) is 3.27. The molecule has 44 heavy (non-hydrogen) atoms. The van der Waals surface area contributed by atoms with Crippen LogP contribution in [0.15, 0.2) is 42.5 Å². The van der Waals surface area contributed by atoms with Crippen molar-refractivity contribution < 1.29 is 32.3 Å². The van der Waals surface area contributed by atoms with Gasteiger partial charge in [0.15, 0.2) is 0 Å². The lowest BCUT2D eigenvalue weighted by Gasteiger charge is -2.30. The molecule has 0 radical (unpaired) electrons. The summed E-state index contributed by atoms with van der Waals surface area (Å²) in [6.07, 6.45) is 8.20. The van der Waals surface area contributed by atoms with Crippen molar-refractivity contribution in [3.8, 4) is 0 Å². The van der Waals surface area contributed by atoms with Gasteiger partial charge in [0.1, 0.15) is 23.2 Å². The summed E-state index contributed by atoms with van der Waals surface area (Å²) in [5.74, 6) is -2.14. The Morgan fingerprint density at radius 3 is 2.45 bits per heavy atom. The van der Waals surface area contributed by atoms with Gasteiger partial charge in [-0.05, 0) is 71.3 Å². The normalized spacial score (nSPS) is 30.5. The molecule has 1 saturated heterocycles. The van der Waals surface area contributed by atoms with Crippen molar-refractivity contribution in [2.24, 2.45) is 5.92 Å². The van der Waals surface area contributed by atoms with E-state index in [4.69, 9.17) is 4.74 Å². The molecule has 5 atom stereocenters. The molecular weight excluding hydrogens is 584 g/mol. The van der Waals surface area contributed by atoms with E-state index in [2.05, 4.69) is 15.4 Å². The van der Waals surface area contributed by atoms with Crippen molar-refractivity contribution in [1.29, 1.82) is 0 Å². The quantitative estimate of drug-likeness (QED) is 0.424. The largest absolute Gasteiger partial charge is 0.444 e. The number of carbonyl (C=O) groups excluding carboxylic acids is 4. The van der Waals surface area contributed by atoms with E-state index in [-0.39, 0.29) is 30.7 Å². The second kappa shape index (κ2) is 12.5. The fourth-order valence-electron chi connectivity index (χ4n) is 6.22. The number of hydrogen-bond acceptors (Lipinski definition) is 7. The van der Waals surface area contributed by atoms with Crippen LogP contribution in [0.3, 0.4) is 0 Å². The summed E-state index contributed by atoms with van der Waals surface area (Å²) in [7, 11) is -3.83. The second-order valence-corrected chi connectivity index (χ2v) is 15.5. The van der Waals surface area contributed by atoms with Crippen molar-refractivity contribution in [2.75, 3.05) is 6.54 Å². The van der Waals surface area contributed by atoms with Gasteiger partial charge >= 0.3 is 6.09 Å². The molecule has 240 valence electrons. The number of ether oxygens (including phenoxy) is 1. The molecule has 0 spiro atoms. The van der Waals surface area contributed by atoms with E-state index in [9.17, 15) is 27.6 Å². The molecule has 12 heteroatoms. The Balaban J connectivity index is 1.44. The summed E-state index contributed by atoms with van der Waals surface area (Å²) in [5.41, 5.74) is -1.19. The van der Waals surface area contributed by atoms with E-state index < -0.39 is 56.4 Å². The first kappa shape index (κ1) is 32.0. The Hall–Kier alpha value is -3.41. The molecule has 0 bridgehead atoms. The zero-order chi connectivity index (χ0) is 31.7. The first-order valence-electron chi connectivity index (χ1n) is 15.7. The maximum atomic E-state index is 14.2. The summed E-state index contributed by atoms with van der Waals surface area (Å²) in [4.78, 5) is 56.0. The maximum absolute atomic E-state index is 14.2. The van der Waals surface area contributed by atoms with Crippen molar-refractivity contribution in [1.82, 2.24) is 20.3 Å². The lowest BCUT2D eigenvalue weighted by atomic mass is 9.96. The Morgan fingerprint density at radius 1 is 1.05 bits per heavy atom. The standard InChI is InChI=1S/C32H44N4O7S/c1-31(2,3)43-30(40)33-25-15-11-6-4-5-10-14-23-19-32(23,29(39)35-44(41,42)24-16-17-24)34-27(37)26-18-22(20-36(26)28(25)38)21-12-8-7-9-13-21/h7-10,12-14,22-26H,4-6,11,15-20H2,1-3H3,(H,33,40)(H,34,37)(H,35,39)/b14-10-/t22-,23?,25+,26?,32?/m1/s1. The zero-order valence-corrected chi connectivity index (χ0v) is 26.5. The molecule has 5 rings (SSSR count). The summed E-state index contributed by atoms with van der Waals surface area (Å²) in [6, 6.07) is 7.79. The van der Waals surface area contributed by atoms with Gasteiger partial charge in [0.25, 0.3) is 5.91 Å². The Morgan fingerprint density at radius 2 is 1.77 bits per heavy atom. The number of allylic oxidation sites excluding steroid dienone is 1. The minimum absolute atomic E-state index is 0.146. The third-order valence-corrected chi connectivity index (χ3v) is 10.7. The second-order valence-electron chi connectivity index (χ2n) is 13.6. The minimum atomic E-state index is -3.83. The molecule has 2 heterocycles. The van der Waals surface area contributed by atoms with Gasteiger partial charge < -0.3 is 20.3 Å². The van der Waals surface area contributed by atoms with Gasteiger partial charge in [-0.15, -0.1) is 0 Å². The maximum Gasteiger partial charge on any atom is 0.408 e. The number of sulfonamides is 1. The smallest absolute Gasteiger partial charge is 0.408 e. The van der Waals surface area contributed by atoms with Gasteiger partial charge in [0.2, 0.25) is 21.8 Å². The van der Waals surface area contributed by atoms with Crippen molar-refractivity contribution in [3.63, 3.8) is 0 Å². The van der Waals surface area contributed by atoms with Crippen LogP contribution in [0.2, 0.25) is 0 Å². The highest BCUT2D eigenvalue weighted by molar-refractivity contribution is 7.91. The van der Waals surface area contributed by atoms with E-state index in [1.54, 1.807) is 20.8 Å². The summed E-state index contributed by atoms with van der Waals surface area (Å²) >= 11 is 0. The number of rotatable bonds is 5. The van der Waals surface area contributed by atoms with Crippen LogP contribution in [0.1, 0.15) is 90.0 Å². The Labute approximate surface area is 259 Å². The number of alkyl carbamates (subject to hydrolysis) is 1. The summed E-state index contributed by atoms with van der Waals surface area (Å²) in [6.45, 7) is 5.50. The Kier molecular flexibility index (Phi) is 9.11. The van der Waals surface area contributed by atoms with E-state index >= 15 is 0 Å². The highest BCUT2D eigenvalue weighted by Gasteiger charge is 2.62. The SMILES string of the molecule is CC(C)(C)OC(=O)N[C@H]1CCCCC/C=C\C2CC2(C(=O)NS(=O)(=O)C2CC2)NC(=O)C2C[C@@H](c3ccccc3)CN2C1=O. The zero-order valence-electron chi connectivity index (χ0n) is 25.7. The van der Waals surface area contributed by atoms with Crippen LogP contribution in [0.25, 0.3) is 0 Å². The van der Waals surface area contributed by atoms with Crippen molar-refractivity contribution in [3.05, 3.63) is 48.0 Å². The average molecular weight is 629 g/mol. The number of nitrogens with one attached hydrogen (secondary N) is 3. The number of nitrogens with zero attached hydrogens (tertiary/aromatic N) is 1. The van der Waals surface area contributed by atoms with Crippen LogP contribution >= 0.6 is 0 Å². The molecule has 0 aromatic heterocycles. The van der Waals surface area contributed by atoms with E-state index in [0.29, 0.717) is 32.1 Å². The molecule has 3 fully saturated rings. The Bertz CT molecular complexity index is 1400. The monoisotopic (exact) mass is 628 g/mol. The van der Waals surface area contributed by atoms with Gasteiger partial charge in [-0.25, -0.2) is 13.2 Å². The van der Waals surface area contributed by atoms with Crippen LogP contribution in [0, 0.1) is 5.92 Å². The van der Waals surface area contributed by atoms with Crippen LogP contribution in [-0.4, -0.2) is 72.2 Å². The first-order valence-corrected chi connectivity index (χ1v) is 17.2. The molecule has 4 aliphatic rings. The fraction of sp³-hybridized carbons (Fsp3) is 0.625. The van der Waals surface area contributed by atoms with Crippen LogP contribution < -0.4 is 15.4 Å². The van der Waals surface area contributed by atoms with Gasteiger partial charge in [-0.3, -0.25) is 19.1 Å². The van der Waals surface area contributed by atoms with Gasteiger partial charge in [0, 0.05) is 18.4 Å². The fourth-order valence-corrected chi connectivity index (χ4v) is 7.58. The minimum Gasteiger partial charge on any atom is -0.444 e. The molecule has 2 saturated carbocycles. The summed E-state index contributed by atoms with van der Waals surface area (Å²) < 4.78 is 33.0. The van der Waals surface area contributed by atoms with E-state index in [0.717, 1.165) is 24.8 Å². The number of fused-ring (bicyclic) bond motifs is 2. The third-order valence-electron chi connectivity index (χ3n) is 8.84. The van der Waals surface area contributed by atoms with E-state index in [1.807, 2.05) is 42.5 Å². The molecule has 2 aliphatic heterocycles. The van der Waals surface area contributed by atoms with Gasteiger partial charge in [0.05, 0.1) is 5.25 Å². The molecule has 4 amide bonds. The third kappa shape index (κ3) is 7.44. The summed E-state index contributed by atoms with van der Waals surface area (Å²) in [5, 5.41) is 5.07. The first-order chi connectivity index (χ1) is 20.8. The lowest BCUT2D eigenvalue weighted by Crippen LogP contribution is -2.58. The highest BCUT2D eigenvalue weighted by Crippen LogP contribution is 2.46.